The zero-order valence-electron chi connectivity index (χ0n) is 12.3. The van der Waals surface area contributed by atoms with Crippen molar-refractivity contribution in [3.05, 3.63) is 29.8 Å². The van der Waals surface area contributed by atoms with Gasteiger partial charge in [-0.1, -0.05) is 12.1 Å². The van der Waals surface area contributed by atoms with Gasteiger partial charge in [0.05, 0.1) is 6.61 Å². The maximum Gasteiger partial charge on any atom is 0.432 e. The average Bonchev–Trinajstić information content (AvgIpc) is 2.44. The van der Waals surface area contributed by atoms with Crippen LogP contribution in [0.15, 0.2) is 24.3 Å². The highest BCUT2D eigenvalue weighted by Crippen LogP contribution is 2.40. The first kappa shape index (κ1) is 18.0. The van der Waals surface area contributed by atoms with E-state index in [4.69, 9.17) is 0 Å². The number of carbonyl (C=O) groups is 2. The number of amides is 1. The average molecular weight is 319 g/mol. The van der Waals surface area contributed by atoms with E-state index in [1.807, 2.05) is 0 Å². The Morgan fingerprint density at radius 1 is 1.23 bits per heavy atom. The third-order valence-electron chi connectivity index (χ3n) is 3.13. The Labute approximate surface area is 125 Å². The predicted molar refractivity (Wildman–Crippen MR) is 72.1 cm³/mol. The highest BCUT2D eigenvalue weighted by atomic mass is 19.4. The summed E-state index contributed by atoms with van der Waals surface area (Å²) in [5.74, 6) is -2.11. The molecule has 1 aromatic rings. The van der Waals surface area contributed by atoms with E-state index < -0.39 is 23.3 Å². The monoisotopic (exact) mass is 319 g/mol. The van der Waals surface area contributed by atoms with Crippen LogP contribution in [-0.2, 0) is 19.9 Å². The van der Waals surface area contributed by atoms with Crippen molar-refractivity contribution >= 4 is 17.6 Å². The molecule has 1 aromatic carbocycles. The third kappa shape index (κ3) is 3.22. The number of hydrogen-bond donors (Lipinski definition) is 1. The first-order valence-electron chi connectivity index (χ1n) is 6.36. The number of esters is 1. The van der Waals surface area contributed by atoms with Crippen molar-refractivity contribution in [2.45, 2.75) is 25.6 Å². The molecule has 22 heavy (non-hydrogen) atoms. The van der Waals surface area contributed by atoms with E-state index >= 15 is 0 Å². The van der Waals surface area contributed by atoms with Crippen LogP contribution in [0.5, 0.6) is 0 Å². The summed E-state index contributed by atoms with van der Waals surface area (Å²) in [6, 6.07) is 4.26. The van der Waals surface area contributed by atoms with E-state index in [1.54, 1.807) is 0 Å². The molecule has 1 amide bonds. The zero-order chi connectivity index (χ0) is 17.1. The summed E-state index contributed by atoms with van der Waals surface area (Å²) < 4.78 is 43.7. The molecular formula is C14H16F3NO4. The van der Waals surface area contributed by atoms with Gasteiger partial charge >= 0.3 is 12.1 Å². The Bertz CT molecular complexity index is 556. The molecule has 0 fully saturated rings. The molecule has 0 unspecified atom stereocenters. The van der Waals surface area contributed by atoms with Gasteiger partial charge in [-0.3, -0.25) is 4.79 Å². The van der Waals surface area contributed by atoms with Crippen LogP contribution in [0.4, 0.5) is 18.9 Å². The number of hydrogen-bond acceptors (Lipinski definition) is 4. The molecule has 5 nitrogen and oxygen atoms in total. The maximum atomic E-state index is 13.1. The van der Waals surface area contributed by atoms with Gasteiger partial charge in [-0.15, -0.1) is 0 Å². The van der Waals surface area contributed by atoms with Crippen molar-refractivity contribution in [1.29, 1.82) is 0 Å². The topological polar surface area (TPSA) is 66.8 Å². The number of aliphatic hydroxyl groups is 1. The lowest BCUT2D eigenvalue weighted by Crippen LogP contribution is -2.50. The number of alkyl halides is 3. The fraction of sp³-hybridized carbons (Fsp3) is 0.429. The number of ether oxygens (including phenoxy) is 1. The van der Waals surface area contributed by atoms with Crippen molar-refractivity contribution in [1.82, 2.24) is 0 Å². The second kappa shape index (κ2) is 6.35. The second-order valence-corrected chi connectivity index (χ2v) is 4.55. The van der Waals surface area contributed by atoms with Gasteiger partial charge in [0.25, 0.3) is 5.60 Å². The van der Waals surface area contributed by atoms with Crippen molar-refractivity contribution in [2.75, 3.05) is 18.6 Å². The van der Waals surface area contributed by atoms with Crippen LogP contribution in [0.2, 0.25) is 0 Å². The van der Waals surface area contributed by atoms with Crippen LogP contribution in [0.3, 0.4) is 0 Å². The van der Waals surface area contributed by atoms with Crippen LogP contribution in [-0.4, -0.2) is 36.8 Å². The number of anilines is 1. The van der Waals surface area contributed by atoms with Gasteiger partial charge in [-0.05, 0) is 19.1 Å². The summed E-state index contributed by atoms with van der Waals surface area (Å²) in [5, 5.41) is 9.88. The standard InChI is InChI=1S/C14H16F3NO4/c1-4-22-12(20)13(21,14(15,16)17)10-5-7-11(8-6-10)18(3)9(2)19/h5-8,21H,4H2,1-3H3/t13-/m0/s1. The van der Waals surface area contributed by atoms with E-state index in [0.29, 0.717) is 5.69 Å². The molecule has 0 spiro atoms. The SMILES string of the molecule is CCOC(=O)[C@@](O)(c1ccc(N(C)C(C)=O)cc1)C(F)(F)F. The first-order valence-corrected chi connectivity index (χ1v) is 6.36. The van der Waals surface area contributed by atoms with Gasteiger partial charge in [0.2, 0.25) is 5.91 Å². The Morgan fingerprint density at radius 3 is 2.09 bits per heavy atom. The molecule has 0 aromatic heterocycles. The summed E-state index contributed by atoms with van der Waals surface area (Å²) in [4.78, 5) is 24.0. The normalized spacial score (nSPS) is 14.1. The minimum absolute atomic E-state index is 0.303. The van der Waals surface area contributed by atoms with E-state index in [0.717, 1.165) is 12.1 Å². The van der Waals surface area contributed by atoms with Crippen LogP contribution in [0.1, 0.15) is 19.4 Å². The van der Waals surface area contributed by atoms with Crippen molar-refractivity contribution in [3.63, 3.8) is 0 Å². The lowest BCUT2D eigenvalue weighted by Gasteiger charge is -2.28. The fourth-order valence-electron chi connectivity index (χ4n) is 1.74. The molecule has 0 bridgehead atoms. The van der Waals surface area contributed by atoms with Crippen molar-refractivity contribution in [3.8, 4) is 0 Å². The number of halogens is 3. The molecule has 1 atom stereocenters. The molecular weight excluding hydrogens is 303 g/mol. The summed E-state index contributed by atoms with van der Waals surface area (Å²) in [7, 11) is 1.44. The smallest absolute Gasteiger partial charge is 0.432 e. The minimum Gasteiger partial charge on any atom is -0.463 e. The summed E-state index contributed by atoms with van der Waals surface area (Å²) in [6.07, 6.45) is -5.24. The minimum atomic E-state index is -5.24. The Balaban J connectivity index is 3.28. The Kier molecular flexibility index (Phi) is 5.18. The van der Waals surface area contributed by atoms with E-state index in [2.05, 4.69) is 4.74 Å². The first-order chi connectivity index (χ1) is 10.1. The molecule has 0 aliphatic rings. The highest BCUT2D eigenvalue weighted by Gasteiger charge is 2.62. The van der Waals surface area contributed by atoms with Gasteiger partial charge in [-0.2, -0.15) is 13.2 Å². The van der Waals surface area contributed by atoms with Gasteiger partial charge in [-0.25, -0.2) is 4.79 Å². The van der Waals surface area contributed by atoms with Crippen molar-refractivity contribution in [2.24, 2.45) is 0 Å². The van der Waals surface area contributed by atoms with Crippen LogP contribution >= 0.6 is 0 Å². The molecule has 8 heteroatoms. The third-order valence-corrected chi connectivity index (χ3v) is 3.13. The quantitative estimate of drug-likeness (QED) is 0.862. The summed E-state index contributed by atoms with van der Waals surface area (Å²) >= 11 is 0. The molecule has 0 saturated heterocycles. The maximum absolute atomic E-state index is 13.1. The van der Waals surface area contributed by atoms with Gasteiger partial charge in [0, 0.05) is 25.2 Å². The highest BCUT2D eigenvalue weighted by molar-refractivity contribution is 5.91. The van der Waals surface area contributed by atoms with Gasteiger partial charge in [0.15, 0.2) is 0 Å². The second-order valence-electron chi connectivity index (χ2n) is 4.55. The molecule has 0 saturated carbocycles. The van der Waals surface area contributed by atoms with Crippen molar-refractivity contribution < 1.29 is 32.6 Å². The lowest BCUT2D eigenvalue weighted by molar-refractivity contribution is -0.267. The molecule has 0 radical (unpaired) electrons. The molecule has 0 aliphatic heterocycles. The molecule has 122 valence electrons. The fourth-order valence-corrected chi connectivity index (χ4v) is 1.74. The Hall–Kier alpha value is -2.09. The molecule has 0 aliphatic carbocycles. The van der Waals surface area contributed by atoms with E-state index in [-0.39, 0.29) is 12.5 Å². The van der Waals surface area contributed by atoms with Crippen LogP contribution in [0, 0.1) is 0 Å². The zero-order valence-corrected chi connectivity index (χ0v) is 12.3. The predicted octanol–water partition coefficient (Wildman–Crippen LogP) is 1.98. The summed E-state index contributed by atoms with van der Waals surface area (Å²) in [6.45, 7) is 2.32. The number of nitrogens with zero attached hydrogens (tertiary/aromatic N) is 1. The lowest BCUT2D eigenvalue weighted by atomic mass is 9.93. The number of rotatable bonds is 4. The molecule has 1 N–H and O–H groups in total. The molecule has 0 heterocycles. The Morgan fingerprint density at radius 2 is 1.73 bits per heavy atom. The molecule has 1 rings (SSSR count). The van der Waals surface area contributed by atoms with E-state index in [1.165, 1.54) is 37.9 Å². The van der Waals surface area contributed by atoms with Gasteiger partial charge in [0.1, 0.15) is 0 Å². The van der Waals surface area contributed by atoms with Crippen LogP contribution < -0.4 is 4.90 Å². The number of carbonyl (C=O) groups excluding carboxylic acids is 2. The summed E-state index contributed by atoms with van der Waals surface area (Å²) in [5.41, 5.74) is -4.11. The van der Waals surface area contributed by atoms with Gasteiger partial charge < -0.3 is 14.7 Å². The number of benzene rings is 1. The van der Waals surface area contributed by atoms with E-state index in [9.17, 15) is 27.9 Å². The van der Waals surface area contributed by atoms with Crippen LogP contribution in [0.25, 0.3) is 0 Å². The largest absolute Gasteiger partial charge is 0.463 e.